The number of non-ortho nitro benzene ring substituents is 1. The molecule has 6 nitrogen and oxygen atoms in total. The standard InChI is InChI=1S/C10H12N2O4S/c13-12(14)10-3-1-2-8(6-10)7-17(15,16)11-9-4-5-9/h1-3,6,9,11H,4-5,7H2. The summed E-state index contributed by atoms with van der Waals surface area (Å²) in [5, 5.41) is 10.5. The minimum atomic E-state index is -3.39. The van der Waals surface area contributed by atoms with Crippen LogP contribution >= 0.6 is 0 Å². The molecule has 1 aliphatic carbocycles. The van der Waals surface area contributed by atoms with Gasteiger partial charge in [0.1, 0.15) is 0 Å². The summed E-state index contributed by atoms with van der Waals surface area (Å²) in [6.45, 7) is 0. The fourth-order valence-electron chi connectivity index (χ4n) is 1.48. The molecule has 0 spiro atoms. The fourth-order valence-corrected chi connectivity index (χ4v) is 2.92. The van der Waals surface area contributed by atoms with Gasteiger partial charge in [-0.15, -0.1) is 0 Å². The summed E-state index contributed by atoms with van der Waals surface area (Å²) in [6, 6.07) is 5.73. The summed E-state index contributed by atoms with van der Waals surface area (Å²) in [4.78, 5) is 10.0. The van der Waals surface area contributed by atoms with Crippen LogP contribution in [0.25, 0.3) is 0 Å². The Hall–Kier alpha value is -1.47. The van der Waals surface area contributed by atoms with Gasteiger partial charge in [-0.25, -0.2) is 13.1 Å². The van der Waals surface area contributed by atoms with E-state index in [1.807, 2.05) is 0 Å². The number of nitro benzene ring substituents is 1. The van der Waals surface area contributed by atoms with Crippen molar-refractivity contribution < 1.29 is 13.3 Å². The quantitative estimate of drug-likeness (QED) is 0.632. The molecule has 92 valence electrons. The van der Waals surface area contributed by atoms with Gasteiger partial charge in [0.05, 0.1) is 10.7 Å². The van der Waals surface area contributed by atoms with Gasteiger partial charge in [0.2, 0.25) is 10.0 Å². The van der Waals surface area contributed by atoms with Crippen molar-refractivity contribution in [1.82, 2.24) is 4.72 Å². The van der Waals surface area contributed by atoms with E-state index >= 15 is 0 Å². The zero-order valence-corrected chi connectivity index (χ0v) is 9.81. The monoisotopic (exact) mass is 256 g/mol. The molecule has 0 atom stereocenters. The second kappa shape index (κ2) is 4.42. The van der Waals surface area contributed by atoms with Gasteiger partial charge in [-0.2, -0.15) is 0 Å². The highest BCUT2D eigenvalue weighted by Crippen LogP contribution is 2.21. The van der Waals surface area contributed by atoms with E-state index < -0.39 is 14.9 Å². The lowest BCUT2D eigenvalue weighted by atomic mass is 10.2. The Morgan fingerprint density at radius 3 is 2.71 bits per heavy atom. The highest BCUT2D eigenvalue weighted by molar-refractivity contribution is 7.88. The van der Waals surface area contributed by atoms with Crippen LogP contribution in [0.5, 0.6) is 0 Å². The van der Waals surface area contributed by atoms with Gasteiger partial charge < -0.3 is 0 Å². The van der Waals surface area contributed by atoms with E-state index in [0.29, 0.717) is 5.56 Å². The third kappa shape index (κ3) is 3.50. The topological polar surface area (TPSA) is 89.3 Å². The molecule has 0 aromatic heterocycles. The molecule has 1 aliphatic rings. The summed E-state index contributed by atoms with van der Waals surface area (Å²) in [5.74, 6) is -0.217. The Morgan fingerprint density at radius 1 is 1.41 bits per heavy atom. The molecule has 17 heavy (non-hydrogen) atoms. The number of nitro groups is 1. The van der Waals surface area contributed by atoms with Crippen molar-refractivity contribution in [3.8, 4) is 0 Å². The van der Waals surface area contributed by atoms with E-state index in [9.17, 15) is 18.5 Å². The lowest BCUT2D eigenvalue weighted by Crippen LogP contribution is -2.27. The lowest BCUT2D eigenvalue weighted by Gasteiger charge is -2.05. The first-order valence-electron chi connectivity index (χ1n) is 5.19. The number of hydrogen-bond acceptors (Lipinski definition) is 4. The van der Waals surface area contributed by atoms with Crippen molar-refractivity contribution in [1.29, 1.82) is 0 Å². The van der Waals surface area contributed by atoms with Crippen LogP contribution in [0.15, 0.2) is 24.3 Å². The summed E-state index contributed by atoms with van der Waals surface area (Å²) < 4.78 is 25.8. The van der Waals surface area contributed by atoms with Crippen LogP contribution < -0.4 is 4.72 Å². The average Bonchev–Trinajstić information content (AvgIpc) is 3.00. The number of nitrogens with zero attached hydrogens (tertiary/aromatic N) is 1. The molecule has 1 aromatic carbocycles. The van der Waals surface area contributed by atoms with Gasteiger partial charge >= 0.3 is 0 Å². The van der Waals surface area contributed by atoms with Gasteiger partial charge in [0.15, 0.2) is 0 Å². The van der Waals surface area contributed by atoms with Gasteiger partial charge in [-0.3, -0.25) is 10.1 Å². The minimum Gasteiger partial charge on any atom is -0.258 e. The zero-order chi connectivity index (χ0) is 12.5. The van der Waals surface area contributed by atoms with Crippen LogP contribution in [0.1, 0.15) is 18.4 Å². The molecule has 1 aromatic rings. The van der Waals surface area contributed by atoms with Crippen LogP contribution in [0, 0.1) is 10.1 Å². The Balaban J connectivity index is 2.12. The molecule has 7 heteroatoms. The smallest absolute Gasteiger partial charge is 0.258 e. The predicted octanol–water partition coefficient (Wildman–Crippen LogP) is 1.18. The average molecular weight is 256 g/mol. The maximum Gasteiger partial charge on any atom is 0.269 e. The first-order valence-corrected chi connectivity index (χ1v) is 6.85. The molecule has 1 N–H and O–H groups in total. The Bertz CT molecular complexity index is 537. The molecule has 1 fully saturated rings. The van der Waals surface area contributed by atoms with Gasteiger partial charge in [0, 0.05) is 18.2 Å². The molecule has 0 heterocycles. The first-order chi connectivity index (χ1) is 7.96. The summed E-state index contributed by atoms with van der Waals surface area (Å²) in [6.07, 6.45) is 1.74. The maximum atomic E-state index is 11.7. The highest BCUT2D eigenvalue weighted by atomic mass is 32.2. The van der Waals surface area contributed by atoms with Gasteiger partial charge in [-0.05, 0) is 18.4 Å². The molecule has 0 aliphatic heterocycles. The Morgan fingerprint density at radius 2 is 2.12 bits per heavy atom. The molecule has 0 unspecified atom stereocenters. The second-order valence-electron chi connectivity index (χ2n) is 4.08. The summed E-state index contributed by atoms with van der Waals surface area (Å²) >= 11 is 0. The summed E-state index contributed by atoms with van der Waals surface area (Å²) in [5.41, 5.74) is 0.330. The SMILES string of the molecule is O=[N+]([O-])c1cccc(CS(=O)(=O)NC2CC2)c1. The predicted molar refractivity (Wildman–Crippen MR) is 61.9 cm³/mol. The largest absolute Gasteiger partial charge is 0.269 e. The second-order valence-corrected chi connectivity index (χ2v) is 5.83. The molecule has 0 saturated heterocycles. The van der Waals surface area contributed by atoms with Crippen LogP contribution in [0.2, 0.25) is 0 Å². The van der Waals surface area contributed by atoms with Crippen LogP contribution in [0.3, 0.4) is 0 Å². The molecule has 0 radical (unpaired) electrons. The Kier molecular flexibility index (Phi) is 3.12. The van der Waals surface area contributed by atoms with Crippen molar-refractivity contribution in [2.24, 2.45) is 0 Å². The van der Waals surface area contributed by atoms with Crippen molar-refractivity contribution >= 4 is 15.7 Å². The van der Waals surface area contributed by atoms with E-state index in [1.165, 1.54) is 18.2 Å². The summed E-state index contributed by atoms with van der Waals surface area (Å²) in [7, 11) is -3.39. The number of hydrogen-bond donors (Lipinski definition) is 1. The first kappa shape index (κ1) is 12.0. The number of nitrogens with one attached hydrogen (secondary N) is 1. The van der Waals surface area contributed by atoms with Crippen molar-refractivity contribution in [2.45, 2.75) is 24.6 Å². The van der Waals surface area contributed by atoms with Crippen LogP contribution in [-0.2, 0) is 15.8 Å². The molecular formula is C10H12N2O4S. The minimum absolute atomic E-state index is 0.0544. The van der Waals surface area contributed by atoms with Crippen molar-refractivity contribution in [3.63, 3.8) is 0 Å². The van der Waals surface area contributed by atoms with Crippen LogP contribution in [-0.4, -0.2) is 19.4 Å². The van der Waals surface area contributed by atoms with E-state index in [-0.39, 0.29) is 17.5 Å². The zero-order valence-electron chi connectivity index (χ0n) is 9.00. The number of benzene rings is 1. The normalized spacial score (nSPS) is 15.8. The van der Waals surface area contributed by atoms with E-state index in [4.69, 9.17) is 0 Å². The maximum absolute atomic E-state index is 11.7. The molecule has 1 saturated carbocycles. The van der Waals surface area contributed by atoms with Gasteiger partial charge in [0.25, 0.3) is 5.69 Å². The highest BCUT2D eigenvalue weighted by Gasteiger charge is 2.27. The number of rotatable bonds is 5. The molecular weight excluding hydrogens is 244 g/mol. The third-order valence-electron chi connectivity index (χ3n) is 2.40. The Labute approximate surface area is 98.8 Å². The lowest BCUT2D eigenvalue weighted by molar-refractivity contribution is -0.384. The molecule has 2 rings (SSSR count). The third-order valence-corrected chi connectivity index (χ3v) is 3.81. The molecule has 0 bridgehead atoms. The van der Waals surface area contributed by atoms with Crippen molar-refractivity contribution in [3.05, 3.63) is 39.9 Å². The molecule has 0 amide bonds. The van der Waals surface area contributed by atoms with Crippen LogP contribution in [0.4, 0.5) is 5.69 Å². The van der Waals surface area contributed by atoms with Crippen molar-refractivity contribution in [2.75, 3.05) is 0 Å². The number of sulfonamides is 1. The van der Waals surface area contributed by atoms with Gasteiger partial charge in [-0.1, -0.05) is 12.1 Å². The van der Waals surface area contributed by atoms with E-state index in [1.54, 1.807) is 6.07 Å². The van der Waals surface area contributed by atoms with E-state index in [2.05, 4.69) is 4.72 Å². The van der Waals surface area contributed by atoms with E-state index in [0.717, 1.165) is 12.8 Å². The fraction of sp³-hybridized carbons (Fsp3) is 0.400.